The number of carbonyl (C=O) groups excluding carboxylic acids is 1. The lowest BCUT2D eigenvalue weighted by Crippen LogP contribution is -2.14. The molecule has 1 aliphatic heterocycles. The number of esters is 1. The number of ether oxygens (including phenoxy) is 1. The lowest BCUT2D eigenvalue weighted by molar-refractivity contribution is 0.0600. The van der Waals surface area contributed by atoms with Gasteiger partial charge in [-0.3, -0.25) is 0 Å². The number of benzene rings is 2. The molecular weight excluding hydrogens is 316 g/mol. The Morgan fingerprint density at radius 3 is 2.61 bits per heavy atom. The minimum Gasteiger partial charge on any atom is -0.465 e. The van der Waals surface area contributed by atoms with Crippen molar-refractivity contribution in [2.24, 2.45) is 4.40 Å². The Labute approximate surface area is 133 Å². The molecule has 0 aromatic heterocycles. The van der Waals surface area contributed by atoms with Gasteiger partial charge in [-0.1, -0.05) is 18.2 Å². The number of sulfonamides is 1. The lowest BCUT2D eigenvalue weighted by Gasteiger charge is -2.12. The summed E-state index contributed by atoms with van der Waals surface area (Å²) in [6.07, 6.45) is 0. The Balaban J connectivity index is 2.03. The first-order valence-electron chi connectivity index (χ1n) is 6.83. The highest BCUT2D eigenvalue weighted by Crippen LogP contribution is 2.28. The maximum atomic E-state index is 12.1. The number of hydrogen-bond acceptors (Lipinski definition) is 5. The highest BCUT2D eigenvalue weighted by molar-refractivity contribution is 7.90. The van der Waals surface area contributed by atoms with Crippen LogP contribution in [-0.2, 0) is 14.8 Å². The molecule has 0 unspecified atom stereocenters. The van der Waals surface area contributed by atoms with E-state index >= 15 is 0 Å². The van der Waals surface area contributed by atoms with E-state index in [1.165, 1.54) is 13.2 Å². The summed E-state index contributed by atoms with van der Waals surface area (Å²) in [7, 11) is -2.37. The molecule has 0 saturated heterocycles. The van der Waals surface area contributed by atoms with Crippen LogP contribution in [0.3, 0.4) is 0 Å². The summed E-state index contributed by atoms with van der Waals surface area (Å²) in [6.45, 7) is 1.75. The maximum Gasteiger partial charge on any atom is 0.338 e. The van der Waals surface area contributed by atoms with Crippen LogP contribution in [0.5, 0.6) is 0 Å². The predicted octanol–water partition coefficient (Wildman–Crippen LogP) is 2.34. The Bertz CT molecular complexity index is 933. The van der Waals surface area contributed by atoms with Crippen LogP contribution in [0, 0.1) is 6.92 Å². The third-order valence-corrected chi connectivity index (χ3v) is 4.96. The van der Waals surface area contributed by atoms with E-state index in [0.717, 1.165) is 0 Å². The van der Waals surface area contributed by atoms with Crippen molar-refractivity contribution in [2.75, 3.05) is 12.4 Å². The van der Waals surface area contributed by atoms with Gasteiger partial charge >= 0.3 is 5.97 Å². The summed E-state index contributed by atoms with van der Waals surface area (Å²) >= 11 is 0. The zero-order chi connectivity index (χ0) is 16.6. The van der Waals surface area contributed by atoms with Crippen molar-refractivity contribution in [3.05, 3.63) is 59.2 Å². The van der Waals surface area contributed by atoms with Crippen LogP contribution in [-0.4, -0.2) is 27.3 Å². The van der Waals surface area contributed by atoms with E-state index in [0.29, 0.717) is 22.4 Å². The zero-order valence-electron chi connectivity index (χ0n) is 12.5. The molecule has 2 aromatic carbocycles. The molecule has 1 N–H and O–H groups in total. The van der Waals surface area contributed by atoms with Crippen molar-refractivity contribution in [3.63, 3.8) is 0 Å². The highest BCUT2D eigenvalue weighted by atomic mass is 32.2. The van der Waals surface area contributed by atoms with Crippen LogP contribution in [0.15, 0.2) is 51.8 Å². The van der Waals surface area contributed by atoms with Crippen LogP contribution in [0.1, 0.15) is 21.5 Å². The van der Waals surface area contributed by atoms with Crippen LogP contribution < -0.4 is 5.32 Å². The second-order valence-electron chi connectivity index (χ2n) is 5.01. The van der Waals surface area contributed by atoms with Crippen molar-refractivity contribution in [1.29, 1.82) is 0 Å². The number of rotatable bonds is 2. The van der Waals surface area contributed by atoms with E-state index < -0.39 is 16.0 Å². The molecule has 6 nitrogen and oxygen atoms in total. The summed E-state index contributed by atoms with van der Waals surface area (Å²) in [4.78, 5) is 11.9. The molecule has 0 radical (unpaired) electrons. The minimum absolute atomic E-state index is 0.171. The van der Waals surface area contributed by atoms with Gasteiger partial charge in [-0.05, 0) is 36.8 Å². The van der Waals surface area contributed by atoms with Gasteiger partial charge in [0.05, 0.1) is 12.7 Å². The van der Waals surface area contributed by atoms with Crippen LogP contribution in [0.25, 0.3) is 0 Å². The monoisotopic (exact) mass is 330 g/mol. The zero-order valence-corrected chi connectivity index (χ0v) is 13.3. The Hall–Kier alpha value is -2.67. The van der Waals surface area contributed by atoms with E-state index in [9.17, 15) is 13.2 Å². The summed E-state index contributed by atoms with van der Waals surface area (Å²) < 4.78 is 32.6. The Morgan fingerprint density at radius 1 is 1.13 bits per heavy atom. The maximum absolute atomic E-state index is 12.1. The van der Waals surface area contributed by atoms with E-state index in [-0.39, 0.29) is 10.7 Å². The number of anilines is 1. The number of methoxy groups -OCH3 is 1. The van der Waals surface area contributed by atoms with Crippen molar-refractivity contribution in [3.8, 4) is 0 Å². The summed E-state index contributed by atoms with van der Waals surface area (Å²) in [5, 5.41) is 3.00. The normalized spacial score (nSPS) is 14.8. The highest BCUT2D eigenvalue weighted by Gasteiger charge is 2.28. The average Bonchev–Trinajstić information content (AvgIpc) is 2.80. The molecule has 23 heavy (non-hydrogen) atoms. The van der Waals surface area contributed by atoms with Crippen LogP contribution in [0.4, 0.5) is 5.69 Å². The van der Waals surface area contributed by atoms with E-state index in [4.69, 9.17) is 4.74 Å². The molecule has 7 heteroatoms. The fourth-order valence-electron chi connectivity index (χ4n) is 2.43. The van der Waals surface area contributed by atoms with E-state index in [1.54, 1.807) is 43.3 Å². The Kier molecular flexibility index (Phi) is 3.65. The van der Waals surface area contributed by atoms with E-state index in [2.05, 4.69) is 9.71 Å². The van der Waals surface area contributed by atoms with E-state index in [1.807, 2.05) is 0 Å². The van der Waals surface area contributed by atoms with Crippen LogP contribution in [0.2, 0.25) is 0 Å². The summed E-state index contributed by atoms with van der Waals surface area (Å²) in [5.41, 5.74) is 2.17. The standard InChI is InChI=1S/C16H14N2O4S/c1-10-11(16(19)22-2)7-5-8-13(10)17-15-12-6-3-4-9-14(12)23(20,21)18-15/h3-9H,1-2H3,(H,17,18). The largest absolute Gasteiger partial charge is 0.465 e. The fraction of sp³-hybridized carbons (Fsp3) is 0.125. The first kappa shape index (κ1) is 15.2. The van der Waals surface area contributed by atoms with Gasteiger partial charge in [0.25, 0.3) is 10.0 Å². The smallest absolute Gasteiger partial charge is 0.338 e. The number of hydrogen-bond donors (Lipinski definition) is 1. The summed E-state index contributed by atoms with van der Waals surface area (Å²) in [6, 6.07) is 11.7. The molecule has 0 atom stereocenters. The summed E-state index contributed by atoms with van der Waals surface area (Å²) in [5.74, 6) is -0.210. The second kappa shape index (κ2) is 5.51. The first-order valence-corrected chi connectivity index (χ1v) is 8.27. The van der Waals surface area contributed by atoms with Gasteiger partial charge in [0.15, 0.2) is 5.84 Å². The third-order valence-electron chi connectivity index (χ3n) is 3.62. The lowest BCUT2D eigenvalue weighted by atomic mass is 10.1. The number of fused-ring (bicyclic) bond motifs is 1. The molecule has 0 fully saturated rings. The number of amidine groups is 1. The minimum atomic E-state index is -3.69. The topological polar surface area (TPSA) is 84.8 Å². The van der Waals surface area contributed by atoms with Gasteiger partial charge in [0.1, 0.15) is 4.90 Å². The quantitative estimate of drug-likeness (QED) is 0.854. The van der Waals surface area contributed by atoms with Crippen molar-refractivity contribution in [2.45, 2.75) is 11.8 Å². The number of carbonyl (C=O) groups is 1. The molecule has 1 aliphatic rings. The molecule has 0 amide bonds. The SMILES string of the molecule is COC(=O)c1cccc(NC2=NS(=O)(=O)c3ccccc32)c1C. The number of nitrogens with one attached hydrogen (secondary N) is 1. The molecule has 3 rings (SSSR count). The van der Waals surface area contributed by atoms with Gasteiger partial charge in [-0.25, -0.2) is 4.79 Å². The molecule has 0 saturated carbocycles. The first-order chi connectivity index (χ1) is 10.9. The molecule has 0 aliphatic carbocycles. The van der Waals surface area contributed by atoms with Gasteiger partial charge in [0, 0.05) is 11.3 Å². The molecule has 0 bridgehead atoms. The second-order valence-corrected chi connectivity index (χ2v) is 6.58. The number of nitrogens with zero attached hydrogens (tertiary/aromatic N) is 1. The van der Waals surface area contributed by atoms with Gasteiger partial charge in [0.2, 0.25) is 0 Å². The molecule has 0 spiro atoms. The molecular formula is C16H14N2O4S. The van der Waals surface area contributed by atoms with Gasteiger partial charge in [-0.15, -0.1) is 4.40 Å². The van der Waals surface area contributed by atoms with Crippen molar-refractivity contribution < 1.29 is 17.9 Å². The fourth-order valence-corrected chi connectivity index (χ4v) is 3.60. The van der Waals surface area contributed by atoms with Gasteiger partial charge in [-0.2, -0.15) is 8.42 Å². The predicted molar refractivity (Wildman–Crippen MR) is 86.3 cm³/mol. The Morgan fingerprint density at radius 2 is 1.87 bits per heavy atom. The van der Waals surface area contributed by atoms with Gasteiger partial charge < -0.3 is 10.1 Å². The molecule has 2 aromatic rings. The molecule has 1 heterocycles. The third kappa shape index (κ3) is 2.59. The van der Waals surface area contributed by atoms with Crippen LogP contribution >= 0.6 is 0 Å². The van der Waals surface area contributed by atoms with Crippen molar-refractivity contribution >= 4 is 27.5 Å². The van der Waals surface area contributed by atoms with Crippen molar-refractivity contribution in [1.82, 2.24) is 0 Å². The molecule has 118 valence electrons. The average molecular weight is 330 g/mol.